The molecule has 5 nitrogen and oxygen atoms in total. The zero-order valence-corrected chi connectivity index (χ0v) is 5.39. The van der Waals surface area contributed by atoms with E-state index in [0.717, 1.165) is 0 Å². The van der Waals surface area contributed by atoms with Gasteiger partial charge in [0.05, 0.1) is 0 Å². The van der Waals surface area contributed by atoms with E-state index in [1.165, 1.54) is 0 Å². The molecule has 0 saturated carbocycles. The SMILES string of the molecule is NOP(O)(=S)OC=O. The largest absolute Gasteiger partial charge is 0.396 e. The van der Waals surface area contributed by atoms with Crippen molar-refractivity contribution in [3.05, 3.63) is 0 Å². The average Bonchev–Trinajstić information content (AvgIpc) is 1.67. The standard InChI is InChI=1S/CH4NO4PS/c2-6-7(4,8)5-1-3/h1H,2H2,(H,4,8). The van der Waals surface area contributed by atoms with Gasteiger partial charge in [0.1, 0.15) is 0 Å². The van der Waals surface area contributed by atoms with Gasteiger partial charge in [-0.25, -0.2) is 10.5 Å². The van der Waals surface area contributed by atoms with E-state index in [2.05, 4.69) is 26.9 Å². The minimum atomic E-state index is -3.43. The van der Waals surface area contributed by atoms with Gasteiger partial charge in [-0.15, -0.1) is 0 Å². The molecule has 0 aliphatic rings. The van der Waals surface area contributed by atoms with Gasteiger partial charge in [-0.1, -0.05) is 0 Å². The highest BCUT2D eigenvalue weighted by Crippen LogP contribution is 2.39. The molecule has 0 radical (unpaired) electrons. The Kier molecular flexibility index (Phi) is 3.11. The molecule has 0 saturated heterocycles. The van der Waals surface area contributed by atoms with Gasteiger partial charge in [-0.2, -0.15) is 0 Å². The van der Waals surface area contributed by atoms with E-state index >= 15 is 0 Å². The smallest absolute Gasteiger partial charge is 0.393 e. The normalized spacial score (nSPS) is 16.8. The summed E-state index contributed by atoms with van der Waals surface area (Å²) in [5.41, 5.74) is 0. The van der Waals surface area contributed by atoms with Crippen LogP contribution >= 0.6 is 6.72 Å². The second-order valence-corrected chi connectivity index (χ2v) is 3.52. The van der Waals surface area contributed by atoms with Gasteiger partial charge in [0.15, 0.2) is 0 Å². The van der Waals surface area contributed by atoms with Gasteiger partial charge in [-0.05, 0) is 0 Å². The third kappa shape index (κ3) is 3.06. The number of rotatable bonds is 3. The van der Waals surface area contributed by atoms with Crippen molar-refractivity contribution >= 4 is 25.0 Å². The highest BCUT2D eigenvalue weighted by Gasteiger charge is 2.11. The van der Waals surface area contributed by atoms with Crippen LogP contribution in [0.3, 0.4) is 0 Å². The maximum absolute atomic E-state index is 9.42. The quantitative estimate of drug-likeness (QED) is 0.319. The van der Waals surface area contributed by atoms with Crippen molar-refractivity contribution in [2.24, 2.45) is 5.90 Å². The summed E-state index contributed by atoms with van der Waals surface area (Å²) in [6, 6.07) is 0. The van der Waals surface area contributed by atoms with Crippen molar-refractivity contribution in [2.75, 3.05) is 0 Å². The van der Waals surface area contributed by atoms with Gasteiger partial charge in [0.25, 0.3) is 6.47 Å². The van der Waals surface area contributed by atoms with E-state index in [9.17, 15) is 4.79 Å². The van der Waals surface area contributed by atoms with Gasteiger partial charge in [-0.3, -0.25) is 4.79 Å². The highest BCUT2D eigenvalue weighted by molar-refractivity contribution is 8.07. The van der Waals surface area contributed by atoms with E-state index in [-0.39, 0.29) is 6.47 Å². The van der Waals surface area contributed by atoms with Crippen molar-refractivity contribution in [1.29, 1.82) is 0 Å². The summed E-state index contributed by atoms with van der Waals surface area (Å²) in [6.07, 6.45) is 0. The fourth-order valence-electron chi connectivity index (χ4n) is 0.0792. The van der Waals surface area contributed by atoms with Crippen LogP contribution in [-0.4, -0.2) is 11.4 Å². The Morgan fingerprint density at radius 2 is 2.38 bits per heavy atom. The van der Waals surface area contributed by atoms with Gasteiger partial charge >= 0.3 is 6.72 Å². The summed E-state index contributed by atoms with van der Waals surface area (Å²) in [4.78, 5) is 17.9. The van der Waals surface area contributed by atoms with Crippen LogP contribution in [0.2, 0.25) is 0 Å². The van der Waals surface area contributed by atoms with Crippen LogP contribution in [0.25, 0.3) is 0 Å². The molecular formula is CH4NO4PS. The van der Waals surface area contributed by atoms with Crippen LogP contribution in [0, 0.1) is 0 Å². The Morgan fingerprint density at radius 3 is 2.50 bits per heavy atom. The second kappa shape index (κ2) is 3.11. The van der Waals surface area contributed by atoms with E-state index < -0.39 is 6.72 Å². The summed E-state index contributed by atoms with van der Waals surface area (Å²) in [6.45, 7) is -3.45. The Bertz CT molecular complexity index is 125. The highest BCUT2D eigenvalue weighted by atomic mass is 32.5. The zero-order valence-electron chi connectivity index (χ0n) is 3.68. The summed E-state index contributed by atoms with van der Waals surface area (Å²) in [5.74, 6) is 4.40. The van der Waals surface area contributed by atoms with Crippen molar-refractivity contribution < 1.29 is 18.8 Å². The lowest BCUT2D eigenvalue weighted by Gasteiger charge is -2.05. The van der Waals surface area contributed by atoms with Gasteiger partial charge in [0.2, 0.25) is 0 Å². The minimum Gasteiger partial charge on any atom is -0.393 e. The summed E-state index contributed by atoms with van der Waals surface area (Å²) in [5, 5.41) is 0. The average molecular weight is 157 g/mol. The molecule has 0 aliphatic heterocycles. The Labute approximate surface area is 50.6 Å². The fourth-order valence-corrected chi connectivity index (χ4v) is 0.343. The molecule has 3 N–H and O–H groups in total. The number of carbonyl (C=O) groups excluding carboxylic acids is 1. The summed E-state index contributed by atoms with van der Waals surface area (Å²) >= 11 is 4.11. The monoisotopic (exact) mass is 157 g/mol. The van der Waals surface area contributed by atoms with Crippen LogP contribution < -0.4 is 5.90 Å². The molecule has 0 aromatic rings. The van der Waals surface area contributed by atoms with Crippen molar-refractivity contribution in [2.45, 2.75) is 0 Å². The third-order valence-electron chi connectivity index (χ3n) is 0.309. The Hall–Kier alpha value is 0. The molecule has 1 unspecified atom stereocenters. The summed E-state index contributed by atoms with van der Waals surface area (Å²) in [7, 11) is 0. The van der Waals surface area contributed by atoms with E-state index in [1.54, 1.807) is 0 Å². The molecule has 8 heavy (non-hydrogen) atoms. The molecule has 0 aromatic carbocycles. The topological polar surface area (TPSA) is 81.8 Å². The van der Waals surface area contributed by atoms with Crippen LogP contribution in [-0.2, 0) is 25.7 Å². The summed E-state index contributed by atoms with van der Waals surface area (Å²) < 4.78 is 7.54. The maximum atomic E-state index is 9.42. The molecule has 0 bridgehead atoms. The van der Waals surface area contributed by atoms with Crippen molar-refractivity contribution in [1.82, 2.24) is 0 Å². The predicted octanol–water partition coefficient (Wildman–Crippen LogP) is -0.734. The molecule has 48 valence electrons. The first-order valence-electron chi connectivity index (χ1n) is 1.45. The first-order valence-corrected chi connectivity index (χ1v) is 4.05. The van der Waals surface area contributed by atoms with Crippen LogP contribution in [0.1, 0.15) is 0 Å². The number of carbonyl (C=O) groups is 1. The second-order valence-electron chi connectivity index (χ2n) is 0.776. The molecule has 7 heteroatoms. The van der Waals surface area contributed by atoms with Crippen molar-refractivity contribution in [3.63, 3.8) is 0 Å². The predicted molar refractivity (Wildman–Crippen MR) is 28.9 cm³/mol. The van der Waals surface area contributed by atoms with Gasteiger partial charge < -0.3 is 9.42 Å². The van der Waals surface area contributed by atoms with Crippen LogP contribution in [0.15, 0.2) is 0 Å². The van der Waals surface area contributed by atoms with Crippen LogP contribution in [0.4, 0.5) is 0 Å². The molecule has 0 heterocycles. The Morgan fingerprint density at radius 1 is 1.88 bits per heavy atom. The minimum absolute atomic E-state index is 0.0202. The number of hydrogen-bond acceptors (Lipinski definition) is 5. The van der Waals surface area contributed by atoms with E-state index in [0.29, 0.717) is 0 Å². The first kappa shape index (κ1) is 8.00. The molecule has 0 amide bonds. The lowest BCUT2D eigenvalue weighted by atomic mass is 11.7. The molecule has 0 spiro atoms. The number of hydrogen-bond donors (Lipinski definition) is 2. The molecular weight excluding hydrogens is 153 g/mol. The molecule has 0 fully saturated rings. The lowest BCUT2D eigenvalue weighted by molar-refractivity contribution is -0.121. The maximum Gasteiger partial charge on any atom is 0.396 e. The third-order valence-corrected chi connectivity index (χ3v) is 1.44. The molecule has 1 atom stereocenters. The number of nitrogens with two attached hydrogens (primary N) is 1. The molecule has 0 aliphatic carbocycles. The molecule has 0 rings (SSSR count). The van der Waals surface area contributed by atoms with E-state index in [4.69, 9.17) is 4.89 Å². The zero-order chi connectivity index (χ0) is 6.62. The fraction of sp³-hybridized carbons (Fsp3) is 0. The van der Waals surface area contributed by atoms with E-state index in [1.807, 2.05) is 0 Å². The van der Waals surface area contributed by atoms with Crippen LogP contribution in [0.5, 0.6) is 0 Å². The first-order chi connectivity index (χ1) is 3.62. The van der Waals surface area contributed by atoms with Crippen molar-refractivity contribution in [3.8, 4) is 0 Å². The molecule has 0 aromatic heterocycles. The Balaban J connectivity index is 3.72. The lowest BCUT2D eigenvalue weighted by Crippen LogP contribution is -1.97. The van der Waals surface area contributed by atoms with Gasteiger partial charge in [0, 0.05) is 11.8 Å².